The maximum Gasteiger partial charge on any atom is 0.341 e. The standard InChI is InChI=1S/C23H23ClN2O5S/c1-13-18(20(26-31-13)14-7-3-5-9-16(14)24)21(27)25-22-19(23(28)30-12-11-29-2)15-8-4-6-10-17(15)32-22/h3,5,7,9H,4,6,8,10-12H2,1-2H3,(H,25,27). The van der Waals surface area contributed by atoms with Gasteiger partial charge in [-0.2, -0.15) is 0 Å². The third-order valence-electron chi connectivity index (χ3n) is 5.34. The molecule has 1 amide bonds. The number of thiophene rings is 1. The molecule has 9 heteroatoms. The molecule has 3 aromatic rings. The van der Waals surface area contributed by atoms with Gasteiger partial charge in [0.05, 0.1) is 17.2 Å². The van der Waals surface area contributed by atoms with E-state index < -0.39 is 11.9 Å². The zero-order valence-electron chi connectivity index (χ0n) is 17.8. The minimum Gasteiger partial charge on any atom is -0.460 e. The van der Waals surface area contributed by atoms with Crippen LogP contribution in [0.5, 0.6) is 0 Å². The zero-order chi connectivity index (χ0) is 22.7. The molecule has 4 rings (SSSR count). The molecule has 0 bridgehead atoms. The molecule has 1 N–H and O–H groups in total. The number of benzene rings is 1. The summed E-state index contributed by atoms with van der Waals surface area (Å²) in [7, 11) is 1.55. The summed E-state index contributed by atoms with van der Waals surface area (Å²) >= 11 is 7.74. The van der Waals surface area contributed by atoms with Crippen LogP contribution in [0.25, 0.3) is 11.3 Å². The van der Waals surface area contributed by atoms with Crippen LogP contribution in [0.4, 0.5) is 5.00 Å². The van der Waals surface area contributed by atoms with Gasteiger partial charge in [-0.05, 0) is 44.2 Å². The molecule has 2 heterocycles. The highest BCUT2D eigenvalue weighted by Crippen LogP contribution is 2.39. The fourth-order valence-electron chi connectivity index (χ4n) is 3.80. The van der Waals surface area contributed by atoms with Crippen LogP contribution < -0.4 is 5.32 Å². The third kappa shape index (κ3) is 4.44. The lowest BCUT2D eigenvalue weighted by Crippen LogP contribution is -2.17. The summed E-state index contributed by atoms with van der Waals surface area (Å²) < 4.78 is 15.7. The number of hydrogen-bond acceptors (Lipinski definition) is 7. The Labute approximate surface area is 194 Å². The highest BCUT2D eigenvalue weighted by atomic mass is 35.5. The number of esters is 1. The Morgan fingerprint density at radius 2 is 1.97 bits per heavy atom. The topological polar surface area (TPSA) is 90.7 Å². The second-order valence-electron chi connectivity index (χ2n) is 7.44. The molecule has 7 nitrogen and oxygen atoms in total. The number of methoxy groups -OCH3 is 1. The summed E-state index contributed by atoms with van der Waals surface area (Å²) in [6.07, 6.45) is 3.72. The van der Waals surface area contributed by atoms with Gasteiger partial charge < -0.3 is 19.3 Å². The Balaban J connectivity index is 1.68. The molecule has 168 valence electrons. The first-order valence-electron chi connectivity index (χ1n) is 10.3. The van der Waals surface area contributed by atoms with Crippen molar-refractivity contribution in [2.45, 2.75) is 32.6 Å². The number of nitrogens with zero attached hydrogens (tertiary/aromatic N) is 1. The summed E-state index contributed by atoms with van der Waals surface area (Å²) in [5, 5.41) is 7.92. The summed E-state index contributed by atoms with van der Waals surface area (Å²) in [5.74, 6) is -0.503. The fraction of sp³-hybridized carbons (Fsp3) is 0.348. The monoisotopic (exact) mass is 474 g/mol. The average Bonchev–Trinajstić information content (AvgIpc) is 3.34. The Morgan fingerprint density at radius 3 is 2.75 bits per heavy atom. The van der Waals surface area contributed by atoms with Gasteiger partial charge in [-0.1, -0.05) is 35.0 Å². The van der Waals surface area contributed by atoms with E-state index in [-0.39, 0.29) is 12.2 Å². The first-order valence-corrected chi connectivity index (χ1v) is 11.5. The largest absolute Gasteiger partial charge is 0.460 e. The van der Waals surface area contributed by atoms with E-state index >= 15 is 0 Å². The van der Waals surface area contributed by atoms with Crippen LogP contribution in [0.2, 0.25) is 5.02 Å². The predicted octanol–water partition coefficient (Wildman–Crippen LogP) is 5.30. The molecule has 0 saturated heterocycles. The van der Waals surface area contributed by atoms with E-state index in [9.17, 15) is 9.59 Å². The molecular weight excluding hydrogens is 452 g/mol. The molecule has 1 aliphatic carbocycles. The van der Waals surface area contributed by atoms with Gasteiger partial charge >= 0.3 is 5.97 Å². The summed E-state index contributed by atoms with van der Waals surface area (Å²) in [5.41, 5.74) is 2.63. The van der Waals surface area contributed by atoms with Crippen molar-refractivity contribution >= 4 is 39.8 Å². The number of hydrogen-bond donors (Lipinski definition) is 1. The Morgan fingerprint density at radius 1 is 1.19 bits per heavy atom. The van der Waals surface area contributed by atoms with Gasteiger partial charge in [0.25, 0.3) is 5.91 Å². The molecule has 0 radical (unpaired) electrons. The van der Waals surface area contributed by atoms with Crippen molar-refractivity contribution in [3.63, 3.8) is 0 Å². The number of aryl methyl sites for hydroxylation is 2. The van der Waals surface area contributed by atoms with E-state index in [1.54, 1.807) is 32.2 Å². The number of rotatable bonds is 7. The number of amides is 1. The number of carbonyl (C=O) groups is 2. The molecule has 0 aliphatic heterocycles. The number of anilines is 1. The van der Waals surface area contributed by atoms with Crippen LogP contribution in [-0.4, -0.2) is 37.4 Å². The number of halogens is 1. The van der Waals surface area contributed by atoms with Crippen molar-refractivity contribution in [2.75, 3.05) is 25.6 Å². The quantitative estimate of drug-likeness (QED) is 0.369. The number of ether oxygens (including phenoxy) is 2. The van der Waals surface area contributed by atoms with Crippen LogP contribution in [0.15, 0.2) is 28.8 Å². The van der Waals surface area contributed by atoms with Crippen LogP contribution in [-0.2, 0) is 22.3 Å². The molecule has 0 saturated carbocycles. The van der Waals surface area contributed by atoms with Crippen molar-refractivity contribution in [1.82, 2.24) is 5.16 Å². The van der Waals surface area contributed by atoms with E-state index in [0.717, 1.165) is 36.1 Å². The van der Waals surface area contributed by atoms with E-state index in [1.165, 1.54) is 11.3 Å². The van der Waals surface area contributed by atoms with E-state index in [4.69, 9.17) is 25.6 Å². The van der Waals surface area contributed by atoms with E-state index in [0.29, 0.717) is 39.2 Å². The first-order chi connectivity index (χ1) is 15.5. The highest BCUT2D eigenvalue weighted by Gasteiger charge is 2.30. The van der Waals surface area contributed by atoms with Gasteiger partial charge in [0, 0.05) is 17.6 Å². The Hall–Kier alpha value is -2.68. The van der Waals surface area contributed by atoms with E-state index in [2.05, 4.69) is 10.5 Å². The molecule has 0 fully saturated rings. The summed E-state index contributed by atoms with van der Waals surface area (Å²) in [6, 6.07) is 7.12. The van der Waals surface area contributed by atoms with Gasteiger partial charge in [0.1, 0.15) is 28.6 Å². The summed E-state index contributed by atoms with van der Waals surface area (Å²) in [6.45, 7) is 2.12. The van der Waals surface area contributed by atoms with Gasteiger partial charge in [-0.3, -0.25) is 4.79 Å². The van der Waals surface area contributed by atoms with Crippen molar-refractivity contribution in [3.8, 4) is 11.3 Å². The molecule has 0 unspecified atom stereocenters. The minimum absolute atomic E-state index is 0.148. The summed E-state index contributed by atoms with van der Waals surface area (Å²) in [4.78, 5) is 27.3. The zero-order valence-corrected chi connectivity index (χ0v) is 19.4. The normalized spacial score (nSPS) is 13.0. The number of fused-ring (bicyclic) bond motifs is 1. The lowest BCUT2D eigenvalue weighted by molar-refractivity contribution is 0.0388. The van der Waals surface area contributed by atoms with Crippen molar-refractivity contribution in [3.05, 3.63) is 56.6 Å². The minimum atomic E-state index is -0.454. The van der Waals surface area contributed by atoms with Gasteiger partial charge in [0.15, 0.2) is 0 Å². The van der Waals surface area contributed by atoms with Gasteiger partial charge in [0.2, 0.25) is 0 Å². The van der Waals surface area contributed by atoms with Crippen LogP contribution in [0.1, 0.15) is 49.8 Å². The third-order valence-corrected chi connectivity index (χ3v) is 6.88. The van der Waals surface area contributed by atoms with Crippen LogP contribution >= 0.6 is 22.9 Å². The SMILES string of the molecule is COCCOC(=O)c1c(NC(=O)c2c(-c3ccccc3Cl)noc2C)sc2c1CCCC2. The van der Waals surface area contributed by atoms with Crippen molar-refractivity contribution in [1.29, 1.82) is 0 Å². The molecule has 32 heavy (non-hydrogen) atoms. The van der Waals surface area contributed by atoms with Gasteiger partial charge in [-0.25, -0.2) is 4.79 Å². The van der Waals surface area contributed by atoms with Crippen molar-refractivity contribution < 1.29 is 23.6 Å². The lowest BCUT2D eigenvalue weighted by Gasteiger charge is -2.13. The highest BCUT2D eigenvalue weighted by molar-refractivity contribution is 7.17. The molecule has 0 spiro atoms. The maximum absolute atomic E-state index is 13.3. The molecule has 2 aromatic heterocycles. The predicted molar refractivity (Wildman–Crippen MR) is 123 cm³/mol. The smallest absolute Gasteiger partial charge is 0.341 e. The second kappa shape index (κ2) is 9.85. The fourth-order valence-corrected chi connectivity index (χ4v) is 5.30. The molecule has 1 aliphatic rings. The average molecular weight is 475 g/mol. The molecule has 1 aromatic carbocycles. The number of carbonyl (C=O) groups excluding carboxylic acids is 2. The molecule has 0 atom stereocenters. The Kier molecular flexibility index (Phi) is 6.93. The molecular formula is C23H23ClN2O5S. The van der Waals surface area contributed by atoms with E-state index in [1.807, 2.05) is 6.07 Å². The number of aromatic nitrogens is 1. The van der Waals surface area contributed by atoms with Crippen LogP contribution in [0, 0.1) is 6.92 Å². The number of nitrogens with one attached hydrogen (secondary N) is 1. The van der Waals surface area contributed by atoms with Gasteiger partial charge in [-0.15, -0.1) is 11.3 Å². The second-order valence-corrected chi connectivity index (χ2v) is 8.95. The van der Waals surface area contributed by atoms with Crippen molar-refractivity contribution in [2.24, 2.45) is 0 Å². The maximum atomic E-state index is 13.3. The van der Waals surface area contributed by atoms with Crippen LogP contribution in [0.3, 0.4) is 0 Å². The first kappa shape index (κ1) is 22.5. The Bertz CT molecular complexity index is 1150. The lowest BCUT2D eigenvalue weighted by atomic mass is 9.95.